The van der Waals surface area contributed by atoms with E-state index in [-0.39, 0.29) is 11.3 Å². The summed E-state index contributed by atoms with van der Waals surface area (Å²) in [4.78, 5) is 14.9. The van der Waals surface area contributed by atoms with Gasteiger partial charge >= 0.3 is 0 Å². The molecule has 1 aromatic rings. The normalized spacial score (nSPS) is 16.7. The molecule has 1 heterocycles. The minimum Gasteiger partial charge on any atom is -0.496 e. The van der Waals surface area contributed by atoms with Gasteiger partial charge in [0.25, 0.3) is 5.91 Å². The van der Waals surface area contributed by atoms with Crippen LogP contribution >= 0.6 is 11.6 Å². The van der Waals surface area contributed by atoms with Crippen molar-refractivity contribution < 1.29 is 19.0 Å². The number of amides is 1. The van der Waals surface area contributed by atoms with Crippen molar-refractivity contribution in [2.24, 2.45) is 5.41 Å². The summed E-state index contributed by atoms with van der Waals surface area (Å²) in [5.41, 5.74) is 0.579. The molecule has 0 unspecified atom stereocenters. The topological polar surface area (TPSA) is 48.0 Å². The van der Waals surface area contributed by atoms with Crippen LogP contribution in [0.15, 0.2) is 18.2 Å². The van der Waals surface area contributed by atoms with Crippen LogP contribution in [0.5, 0.6) is 5.75 Å². The van der Waals surface area contributed by atoms with Crippen molar-refractivity contribution in [1.29, 1.82) is 0 Å². The molecule has 0 saturated carbocycles. The minimum atomic E-state index is -0.0618. The summed E-state index contributed by atoms with van der Waals surface area (Å²) < 4.78 is 16.0. The van der Waals surface area contributed by atoms with Crippen LogP contribution in [0.2, 0.25) is 5.02 Å². The Morgan fingerprint density at radius 3 is 2.67 bits per heavy atom. The SMILES string of the molecule is COCCN(CC1(C)CCOCC1)C(=O)c1ccc(Cl)cc1OC. The maximum absolute atomic E-state index is 13.1. The number of ether oxygens (including phenoxy) is 3. The molecule has 0 atom stereocenters. The molecule has 1 amide bonds. The van der Waals surface area contributed by atoms with E-state index in [2.05, 4.69) is 6.92 Å². The van der Waals surface area contributed by atoms with E-state index >= 15 is 0 Å². The van der Waals surface area contributed by atoms with Gasteiger partial charge in [0.05, 0.1) is 19.3 Å². The van der Waals surface area contributed by atoms with E-state index in [1.165, 1.54) is 0 Å². The van der Waals surface area contributed by atoms with Crippen LogP contribution in [0.1, 0.15) is 30.1 Å². The van der Waals surface area contributed by atoms with E-state index < -0.39 is 0 Å². The van der Waals surface area contributed by atoms with Gasteiger partial charge in [-0.1, -0.05) is 18.5 Å². The van der Waals surface area contributed by atoms with Crippen molar-refractivity contribution in [3.05, 3.63) is 28.8 Å². The molecule has 1 aromatic carbocycles. The molecular formula is C18H26ClNO4. The van der Waals surface area contributed by atoms with Gasteiger partial charge in [-0.05, 0) is 36.5 Å². The fourth-order valence-electron chi connectivity index (χ4n) is 2.95. The van der Waals surface area contributed by atoms with Crippen LogP contribution < -0.4 is 4.74 Å². The zero-order valence-corrected chi connectivity index (χ0v) is 15.4. The average molecular weight is 356 g/mol. The van der Waals surface area contributed by atoms with E-state index in [0.29, 0.717) is 36.0 Å². The molecule has 0 N–H and O–H groups in total. The molecule has 0 radical (unpaired) electrons. The number of carbonyl (C=O) groups is 1. The highest BCUT2D eigenvalue weighted by atomic mass is 35.5. The van der Waals surface area contributed by atoms with Crippen molar-refractivity contribution in [3.63, 3.8) is 0 Å². The van der Waals surface area contributed by atoms with Gasteiger partial charge in [-0.3, -0.25) is 4.79 Å². The third-order valence-corrected chi connectivity index (χ3v) is 4.75. The molecule has 24 heavy (non-hydrogen) atoms. The lowest BCUT2D eigenvalue weighted by molar-refractivity contribution is 0.00267. The predicted octanol–water partition coefficient (Wildman–Crippen LogP) is 3.25. The van der Waals surface area contributed by atoms with Crippen molar-refractivity contribution in [3.8, 4) is 5.75 Å². The first-order chi connectivity index (χ1) is 11.5. The molecule has 1 aliphatic rings. The highest BCUT2D eigenvalue weighted by molar-refractivity contribution is 6.30. The second-order valence-electron chi connectivity index (χ2n) is 6.49. The number of hydrogen-bond donors (Lipinski definition) is 0. The smallest absolute Gasteiger partial charge is 0.257 e. The molecule has 6 heteroatoms. The van der Waals surface area contributed by atoms with Crippen LogP contribution in [0, 0.1) is 5.41 Å². The maximum atomic E-state index is 13.1. The van der Waals surface area contributed by atoms with Gasteiger partial charge in [-0.25, -0.2) is 0 Å². The molecule has 5 nitrogen and oxygen atoms in total. The summed E-state index contributed by atoms with van der Waals surface area (Å²) in [7, 11) is 3.18. The summed E-state index contributed by atoms with van der Waals surface area (Å²) in [6.45, 7) is 5.40. The first-order valence-corrected chi connectivity index (χ1v) is 8.56. The molecule has 134 valence electrons. The van der Waals surface area contributed by atoms with E-state index in [9.17, 15) is 4.79 Å². The first kappa shape index (κ1) is 19.0. The highest BCUT2D eigenvalue weighted by Crippen LogP contribution is 2.32. The van der Waals surface area contributed by atoms with Crippen LogP contribution in [0.4, 0.5) is 0 Å². The van der Waals surface area contributed by atoms with Gasteiger partial charge in [0.15, 0.2) is 0 Å². The molecule has 1 aliphatic heterocycles. The van der Waals surface area contributed by atoms with Crippen LogP contribution in [-0.2, 0) is 9.47 Å². The molecule has 0 aromatic heterocycles. The van der Waals surface area contributed by atoms with Gasteiger partial charge in [-0.2, -0.15) is 0 Å². The second kappa shape index (κ2) is 8.70. The summed E-state index contributed by atoms with van der Waals surface area (Å²) in [6, 6.07) is 5.09. The Kier molecular flexibility index (Phi) is 6.90. The van der Waals surface area contributed by atoms with Crippen molar-refractivity contribution in [2.45, 2.75) is 19.8 Å². The van der Waals surface area contributed by atoms with Gasteiger partial charge in [-0.15, -0.1) is 0 Å². The van der Waals surface area contributed by atoms with E-state index in [4.69, 9.17) is 25.8 Å². The molecule has 0 aliphatic carbocycles. The van der Waals surface area contributed by atoms with Crippen molar-refractivity contribution in [2.75, 3.05) is 47.1 Å². The van der Waals surface area contributed by atoms with Crippen LogP contribution in [-0.4, -0.2) is 57.9 Å². The maximum Gasteiger partial charge on any atom is 0.257 e. The number of halogens is 1. The van der Waals surface area contributed by atoms with Crippen LogP contribution in [0.3, 0.4) is 0 Å². The minimum absolute atomic E-state index is 0.0569. The lowest BCUT2D eigenvalue weighted by Gasteiger charge is -2.38. The number of rotatable bonds is 7. The summed E-state index contributed by atoms with van der Waals surface area (Å²) >= 11 is 6.00. The molecule has 1 saturated heterocycles. The molecule has 0 spiro atoms. The predicted molar refractivity (Wildman–Crippen MR) is 93.9 cm³/mol. The Morgan fingerprint density at radius 2 is 2.04 bits per heavy atom. The molecule has 1 fully saturated rings. The van der Waals surface area contributed by atoms with Gasteiger partial charge in [0.2, 0.25) is 0 Å². The molecule has 0 bridgehead atoms. The van der Waals surface area contributed by atoms with Gasteiger partial charge in [0.1, 0.15) is 5.75 Å². The summed E-state index contributed by atoms with van der Waals surface area (Å²) in [6.07, 6.45) is 1.89. The van der Waals surface area contributed by atoms with Gasteiger partial charge in [0, 0.05) is 38.4 Å². The summed E-state index contributed by atoms with van der Waals surface area (Å²) in [5.74, 6) is 0.431. The van der Waals surface area contributed by atoms with E-state index in [0.717, 1.165) is 26.1 Å². The standard InChI is InChI=1S/C18H26ClNO4/c1-18(6-9-24-10-7-18)13-20(8-11-22-2)17(21)15-5-4-14(19)12-16(15)23-3/h4-5,12H,6-11,13H2,1-3H3. The fourth-order valence-corrected chi connectivity index (χ4v) is 3.11. The number of benzene rings is 1. The molecule has 2 rings (SSSR count). The van der Waals surface area contributed by atoms with E-state index in [1.54, 1.807) is 32.4 Å². The largest absolute Gasteiger partial charge is 0.496 e. The Bertz CT molecular complexity index is 558. The Morgan fingerprint density at radius 1 is 1.33 bits per heavy atom. The first-order valence-electron chi connectivity index (χ1n) is 8.18. The van der Waals surface area contributed by atoms with E-state index in [1.807, 2.05) is 4.90 Å². The number of methoxy groups -OCH3 is 2. The third kappa shape index (κ3) is 4.85. The molecular weight excluding hydrogens is 330 g/mol. The van der Waals surface area contributed by atoms with Crippen molar-refractivity contribution in [1.82, 2.24) is 4.90 Å². The fraction of sp³-hybridized carbons (Fsp3) is 0.611. The zero-order chi connectivity index (χ0) is 17.6. The highest BCUT2D eigenvalue weighted by Gasteiger charge is 2.32. The second-order valence-corrected chi connectivity index (χ2v) is 6.92. The quantitative estimate of drug-likeness (QED) is 0.753. The summed E-state index contributed by atoms with van der Waals surface area (Å²) in [5, 5.41) is 0.545. The zero-order valence-electron chi connectivity index (χ0n) is 14.6. The lowest BCUT2D eigenvalue weighted by atomic mass is 9.82. The number of carbonyl (C=O) groups excluding carboxylic acids is 1. The average Bonchev–Trinajstić information content (AvgIpc) is 2.58. The van der Waals surface area contributed by atoms with Gasteiger partial charge < -0.3 is 19.1 Å². The van der Waals surface area contributed by atoms with Crippen molar-refractivity contribution >= 4 is 17.5 Å². The lowest BCUT2D eigenvalue weighted by Crippen LogP contribution is -2.44. The Labute approximate surface area is 148 Å². The number of hydrogen-bond acceptors (Lipinski definition) is 4. The monoisotopic (exact) mass is 355 g/mol. The third-order valence-electron chi connectivity index (χ3n) is 4.52. The number of nitrogens with zero attached hydrogens (tertiary/aromatic N) is 1. The van der Waals surface area contributed by atoms with Crippen LogP contribution in [0.25, 0.3) is 0 Å². The Hall–Kier alpha value is -1.30. The Balaban J connectivity index is 2.21.